The van der Waals surface area contributed by atoms with Crippen molar-refractivity contribution in [3.63, 3.8) is 0 Å². The Morgan fingerprint density at radius 1 is 1.14 bits per heavy atom. The standard InChI is InChI=1S/C24H19I2N5O3S/c1-34-19-9-7-18(8-10-19)31-23(15-5-3-2-4-6-15)29-30-24(31)35-14-21(32)28-27-13-16-11-17(25)12-20(26)22(16)33/h2-13,33H,14H2,1H3,(H,28,32)/b27-13+. The van der Waals surface area contributed by atoms with E-state index in [0.717, 1.165) is 20.6 Å². The molecule has 0 bridgehead atoms. The summed E-state index contributed by atoms with van der Waals surface area (Å²) < 4.78 is 8.85. The van der Waals surface area contributed by atoms with E-state index >= 15 is 0 Å². The molecule has 4 aromatic rings. The molecule has 0 unspecified atom stereocenters. The molecule has 0 aliphatic carbocycles. The SMILES string of the molecule is COc1ccc(-n2c(SCC(=O)N/N=C/c3cc(I)cc(I)c3O)nnc2-c2ccccc2)cc1. The second-order valence-corrected chi connectivity index (χ2v) is 10.5. The van der Waals surface area contributed by atoms with E-state index in [1.165, 1.54) is 18.0 Å². The Bertz CT molecular complexity index is 1360. The summed E-state index contributed by atoms with van der Waals surface area (Å²) in [6.07, 6.45) is 1.43. The first-order valence-corrected chi connectivity index (χ1v) is 13.4. The first-order chi connectivity index (χ1) is 17.0. The zero-order valence-electron chi connectivity index (χ0n) is 18.4. The van der Waals surface area contributed by atoms with Crippen molar-refractivity contribution in [2.45, 2.75) is 5.16 Å². The topological polar surface area (TPSA) is 102 Å². The van der Waals surface area contributed by atoms with Crippen LogP contribution in [0.15, 0.2) is 77.0 Å². The number of thioether (sulfide) groups is 1. The molecular weight excluding hydrogens is 692 g/mol. The third kappa shape index (κ3) is 6.32. The Labute approximate surface area is 233 Å². The van der Waals surface area contributed by atoms with Gasteiger partial charge in [0.25, 0.3) is 5.91 Å². The van der Waals surface area contributed by atoms with Crippen molar-refractivity contribution >= 4 is 69.1 Å². The lowest BCUT2D eigenvalue weighted by molar-refractivity contribution is -0.118. The minimum atomic E-state index is -0.309. The van der Waals surface area contributed by atoms with E-state index in [2.05, 4.69) is 43.3 Å². The number of nitrogens with one attached hydrogen (secondary N) is 1. The van der Waals surface area contributed by atoms with Gasteiger partial charge in [-0.1, -0.05) is 42.1 Å². The Hall–Kier alpha value is -2.65. The largest absolute Gasteiger partial charge is 0.506 e. The van der Waals surface area contributed by atoms with Crippen LogP contribution in [0.25, 0.3) is 17.1 Å². The van der Waals surface area contributed by atoms with Crippen LogP contribution >= 0.6 is 56.9 Å². The molecule has 0 saturated carbocycles. The first kappa shape index (κ1) is 25.4. The van der Waals surface area contributed by atoms with E-state index in [9.17, 15) is 9.90 Å². The summed E-state index contributed by atoms with van der Waals surface area (Å²) in [6.45, 7) is 0. The van der Waals surface area contributed by atoms with Gasteiger partial charge in [0.2, 0.25) is 0 Å². The highest BCUT2D eigenvalue weighted by atomic mass is 127. The van der Waals surface area contributed by atoms with Crippen LogP contribution in [0.5, 0.6) is 11.5 Å². The molecule has 2 N–H and O–H groups in total. The summed E-state index contributed by atoms with van der Waals surface area (Å²) in [7, 11) is 1.62. The van der Waals surface area contributed by atoms with Crippen LogP contribution in [-0.4, -0.2) is 44.9 Å². The molecule has 1 amide bonds. The number of aromatic hydroxyl groups is 1. The van der Waals surface area contributed by atoms with Crippen LogP contribution < -0.4 is 10.2 Å². The van der Waals surface area contributed by atoms with Crippen molar-refractivity contribution in [2.24, 2.45) is 5.10 Å². The van der Waals surface area contributed by atoms with Crippen molar-refractivity contribution in [3.8, 4) is 28.6 Å². The number of benzene rings is 3. The molecule has 1 aromatic heterocycles. The number of carbonyl (C=O) groups excluding carboxylic acids is 1. The zero-order chi connectivity index (χ0) is 24.8. The predicted molar refractivity (Wildman–Crippen MR) is 153 cm³/mol. The number of carbonyl (C=O) groups is 1. The van der Waals surface area contributed by atoms with Crippen molar-refractivity contribution in [1.29, 1.82) is 0 Å². The molecule has 3 aromatic carbocycles. The van der Waals surface area contributed by atoms with Crippen LogP contribution in [0.3, 0.4) is 0 Å². The van der Waals surface area contributed by atoms with Crippen molar-refractivity contribution < 1.29 is 14.6 Å². The molecule has 0 spiro atoms. The number of halogens is 2. The molecule has 0 aliphatic rings. The molecule has 35 heavy (non-hydrogen) atoms. The van der Waals surface area contributed by atoms with Gasteiger partial charge in [0.15, 0.2) is 11.0 Å². The predicted octanol–water partition coefficient (Wildman–Crippen LogP) is 5.10. The number of methoxy groups -OCH3 is 1. The van der Waals surface area contributed by atoms with E-state index in [1.54, 1.807) is 13.2 Å². The number of aromatic nitrogens is 3. The van der Waals surface area contributed by atoms with Gasteiger partial charge < -0.3 is 9.84 Å². The second-order valence-electron chi connectivity index (χ2n) is 7.11. The van der Waals surface area contributed by atoms with Gasteiger partial charge in [-0.2, -0.15) is 5.10 Å². The van der Waals surface area contributed by atoms with Gasteiger partial charge in [-0.25, -0.2) is 5.43 Å². The highest BCUT2D eigenvalue weighted by Gasteiger charge is 2.17. The fourth-order valence-corrected chi connectivity index (χ4v) is 5.76. The summed E-state index contributed by atoms with van der Waals surface area (Å²) in [5.41, 5.74) is 4.78. The minimum Gasteiger partial charge on any atom is -0.506 e. The number of hydrogen-bond donors (Lipinski definition) is 2. The van der Waals surface area contributed by atoms with E-state index in [0.29, 0.717) is 20.1 Å². The maximum absolute atomic E-state index is 12.4. The fraction of sp³-hybridized carbons (Fsp3) is 0.0833. The third-order valence-corrected chi connectivity index (χ3v) is 7.15. The molecule has 0 fully saturated rings. The number of ether oxygens (including phenoxy) is 1. The maximum Gasteiger partial charge on any atom is 0.250 e. The number of hydrogen-bond acceptors (Lipinski definition) is 7. The van der Waals surface area contributed by atoms with Gasteiger partial charge >= 0.3 is 0 Å². The Morgan fingerprint density at radius 3 is 2.60 bits per heavy atom. The molecule has 0 radical (unpaired) electrons. The fourth-order valence-electron chi connectivity index (χ4n) is 3.12. The molecular formula is C24H19I2N5O3S. The van der Waals surface area contributed by atoms with Gasteiger partial charge in [-0.3, -0.25) is 9.36 Å². The quantitative estimate of drug-likeness (QED) is 0.114. The van der Waals surface area contributed by atoms with Crippen LogP contribution in [0, 0.1) is 7.14 Å². The normalized spacial score (nSPS) is 11.1. The smallest absolute Gasteiger partial charge is 0.250 e. The van der Waals surface area contributed by atoms with E-state index < -0.39 is 0 Å². The number of rotatable bonds is 8. The van der Waals surface area contributed by atoms with Crippen LogP contribution in [0.2, 0.25) is 0 Å². The Kier molecular flexibility index (Phi) is 8.62. The number of phenolic OH excluding ortho intramolecular Hbond substituents is 1. The van der Waals surface area contributed by atoms with Crippen LogP contribution in [0.4, 0.5) is 0 Å². The molecule has 1 heterocycles. The number of hydrazone groups is 1. The first-order valence-electron chi connectivity index (χ1n) is 10.2. The Morgan fingerprint density at radius 2 is 1.89 bits per heavy atom. The highest BCUT2D eigenvalue weighted by molar-refractivity contribution is 14.1. The van der Waals surface area contributed by atoms with Gasteiger partial charge in [0, 0.05) is 20.4 Å². The maximum atomic E-state index is 12.4. The number of phenols is 1. The van der Waals surface area contributed by atoms with Gasteiger partial charge in [-0.05, 0) is 81.6 Å². The average Bonchev–Trinajstić information content (AvgIpc) is 3.30. The lowest BCUT2D eigenvalue weighted by atomic mass is 10.2. The van der Waals surface area contributed by atoms with Crippen molar-refractivity contribution in [3.05, 3.63) is 79.4 Å². The van der Waals surface area contributed by atoms with Crippen LogP contribution in [-0.2, 0) is 4.79 Å². The molecule has 8 nitrogen and oxygen atoms in total. The third-order valence-electron chi connectivity index (χ3n) is 4.78. The summed E-state index contributed by atoms with van der Waals surface area (Å²) in [5.74, 6) is 1.30. The molecule has 178 valence electrons. The lowest BCUT2D eigenvalue weighted by Crippen LogP contribution is -2.20. The lowest BCUT2D eigenvalue weighted by Gasteiger charge is -2.11. The monoisotopic (exact) mass is 711 g/mol. The van der Waals surface area contributed by atoms with Gasteiger partial charge in [0.1, 0.15) is 11.5 Å². The zero-order valence-corrected chi connectivity index (χ0v) is 23.5. The summed E-state index contributed by atoms with van der Waals surface area (Å²) in [4.78, 5) is 12.4. The van der Waals surface area contributed by atoms with E-state index in [1.807, 2.05) is 87.8 Å². The second kappa shape index (κ2) is 11.9. The minimum absolute atomic E-state index is 0.0796. The van der Waals surface area contributed by atoms with Gasteiger partial charge in [0.05, 0.1) is 22.6 Å². The summed E-state index contributed by atoms with van der Waals surface area (Å²) in [6, 6.07) is 20.9. The Balaban J connectivity index is 1.51. The molecule has 0 saturated heterocycles. The van der Waals surface area contributed by atoms with Crippen molar-refractivity contribution in [2.75, 3.05) is 12.9 Å². The average molecular weight is 711 g/mol. The van der Waals surface area contributed by atoms with E-state index in [4.69, 9.17) is 4.74 Å². The summed E-state index contributed by atoms with van der Waals surface area (Å²) >= 11 is 5.46. The number of nitrogens with zero attached hydrogens (tertiary/aromatic N) is 4. The number of amides is 1. The van der Waals surface area contributed by atoms with Gasteiger partial charge in [-0.15, -0.1) is 10.2 Å². The molecule has 11 heteroatoms. The molecule has 0 aliphatic heterocycles. The summed E-state index contributed by atoms with van der Waals surface area (Å²) in [5, 5.41) is 23.4. The van der Waals surface area contributed by atoms with Crippen molar-refractivity contribution in [1.82, 2.24) is 20.2 Å². The van der Waals surface area contributed by atoms with E-state index in [-0.39, 0.29) is 17.4 Å². The highest BCUT2D eigenvalue weighted by Crippen LogP contribution is 2.29. The molecule has 0 atom stereocenters. The van der Waals surface area contributed by atoms with Crippen LogP contribution in [0.1, 0.15) is 5.56 Å². The molecule has 4 rings (SSSR count).